The van der Waals surface area contributed by atoms with E-state index in [2.05, 4.69) is 5.10 Å². The van der Waals surface area contributed by atoms with E-state index in [1.807, 2.05) is 0 Å². The van der Waals surface area contributed by atoms with Gasteiger partial charge in [-0.05, 0) is 25.1 Å². The van der Waals surface area contributed by atoms with Crippen molar-refractivity contribution in [3.8, 4) is 0 Å². The molecule has 1 fully saturated rings. The Balaban J connectivity index is 2.04. The third kappa shape index (κ3) is 3.53. The van der Waals surface area contributed by atoms with Crippen molar-refractivity contribution >= 4 is 15.5 Å². The van der Waals surface area contributed by atoms with E-state index >= 15 is 0 Å². The van der Waals surface area contributed by atoms with Crippen molar-refractivity contribution in [2.24, 2.45) is 7.05 Å². The average Bonchev–Trinajstić information content (AvgIpc) is 3.01. The molecule has 3 rings (SSSR count). The lowest BCUT2D eigenvalue weighted by atomic mass is 9.96. The SMILES string of the molecule is Cn1cc(C2(C)CN(c3ccc(F)cc3S(=O)(=O)C(F)(F)F)CCO2)cn1. The van der Waals surface area contributed by atoms with Gasteiger partial charge in [0.05, 0.1) is 25.0 Å². The molecular formula is C16H17F4N3O3S. The molecule has 0 bridgehead atoms. The van der Waals surface area contributed by atoms with Crippen LogP contribution in [-0.2, 0) is 27.2 Å². The maximum atomic E-state index is 13.6. The minimum atomic E-state index is -5.72. The number of hydrogen-bond donors (Lipinski definition) is 0. The van der Waals surface area contributed by atoms with Crippen LogP contribution < -0.4 is 4.90 Å². The number of morpholine rings is 1. The molecule has 2 aromatic rings. The smallest absolute Gasteiger partial charge is 0.367 e. The summed E-state index contributed by atoms with van der Waals surface area (Å²) in [7, 11) is -4.01. The number of hydrogen-bond acceptors (Lipinski definition) is 5. The number of anilines is 1. The molecule has 1 aromatic carbocycles. The van der Waals surface area contributed by atoms with Crippen LogP contribution in [0.3, 0.4) is 0 Å². The van der Waals surface area contributed by atoms with Gasteiger partial charge in [-0.15, -0.1) is 0 Å². The molecule has 0 saturated carbocycles. The predicted octanol–water partition coefficient (Wildman–Crippen LogP) is 2.60. The van der Waals surface area contributed by atoms with Crippen molar-refractivity contribution in [1.82, 2.24) is 9.78 Å². The van der Waals surface area contributed by atoms with Crippen LogP contribution >= 0.6 is 0 Å². The molecule has 2 heterocycles. The minimum absolute atomic E-state index is 0.0741. The number of aromatic nitrogens is 2. The summed E-state index contributed by atoms with van der Waals surface area (Å²) in [6.45, 7) is 2.11. The highest BCUT2D eigenvalue weighted by molar-refractivity contribution is 7.92. The highest BCUT2D eigenvalue weighted by atomic mass is 32.2. The van der Waals surface area contributed by atoms with E-state index < -0.39 is 31.7 Å². The van der Waals surface area contributed by atoms with Crippen molar-refractivity contribution in [1.29, 1.82) is 0 Å². The van der Waals surface area contributed by atoms with Gasteiger partial charge in [-0.1, -0.05) is 0 Å². The van der Waals surface area contributed by atoms with Crippen LogP contribution in [0.4, 0.5) is 23.2 Å². The van der Waals surface area contributed by atoms with Gasteiger partial charge in [0, 0.05) is 25.4 Å². The van der Waals surface area contributed by atoms with Crippen LogP contribution in [-0.4, -0.2) is 43.4 Å². The van der Waals surface area contributed by atoms with Crippen LogP contribution in [0.1, 0.15) is 12.5 Å². The summed E-state index contributed by atoms with van der Waals surface area (Å²) in [5.74, 6) is -1.06. The summed E-state index contributed by atoms with van der Waals surface area (Å²) in [4.78, 5) is 0.347. The lowest BCUT2D eigenvalue weighted by Crippen LogP contribution is -2.48. The van der Waals surface area contributed by atoms with Gasteiger partial charge in [0.1, 0.15) is 16.3 Å². The third-order valence-corrected chi connectivity index (χ3v) is 5.96. The number of benzene rings is 1. The van der Waals surface area contributed by atoms with E-state index in [4.69, 9.17) is 4.74 Å². The second kappa shape index (κ2) is 6.48. The summed E-state index contributed by atoms with van der Waals surface area (Å²) >= 11 is 0. The van der Waals surface area contributed by atoms with E-state index in [0.717, 1.165) is 12.1 Å². The number of nitrogens with zero attached hydrogens (tertiary/aromatic N) is 3. The van der Waals surface area contributed by atoms with Crippen molar-refractivity contribution in [3.63, 3.8) is 0 Å². The molecule has 1 aliphatic heterocycles. The fraction of sp³-hybridized carbons (Fsp3) is 0.438. The molecule has 1 saturated heterocycles. The monoisotopic (exact) mass is 407 g/mol. The number of aryl methyl sites for hydroxylation is 1. The van der Waals surface area contributed by atoms with Gasteiger partial charge in [-0.25, -0.2) is 12.8 Å². The van der Waals surface area contributed by atoms with Crippen molar-refractivity contribution in [2.75, 3.05) is 24.6 Å². The molecule has 6 nitrogen and oxygen atoms in total. The quantitative estimate of drug-likeness (QED) is 0.732. The first-order chi connectivity index (χ1) is 12.4. The Morgan fingerprint density at radius 3 is 2.59 bits per heavy atom. The van der Waals surface area contributed by atoms with Crippen molar-refractivity contribution in [3.05, 3.63) is 42.0 Å². The number of halogens is 4. The summed E-state index contributed by atoms with van der Waals surface area (Å²) < 4.78 is 84.0. The molecule has 0 amide bonds. The number of sulfone groups is 1. The normalized spacial score (nSPS) is 21.5. The molecule has 1 atom stereocenters. The Morgan fingerprint density at radius 1 is 1.30 bits per heavy atom. The number of alkyl halides is 3. The van der Waals surface area contributed by atoms with Gasteiger partial charge in [0.25, 0.3) is 9.84 Å². The van der Waals surface area contributed by atoms with Crippen LogP contribution in [0.15, 0.2) is 35.5 Å². The molecule has 0 spiro atoms. The van der Waals surface area contributed by atoms with E-state index in [1.165, 1.54) is 4.90 Å². The van der Waals surface area contributed by atoms with E-state index in [1.54, 1.807) is 31.0 Å². The Kier molecular flexibility index (Phi) is 4.71. The summed E-state index contributed by atoms with van der Waals surface area (Å²) in [5.41, 5.74) is -5.97. The molecule has 27 heavy (non-hydrogen) atoms. The van der Waals surface area contributed by atoms with Crippen molar-refractivity contribution in [2.45, 2.75) is 22.9 Å². The molecule has 148 valence electrons. The maximum absolute atomic E-state index is 13.6. The van der Waals surface area contributed by atoms with Crippen LogP contribution in [0, 0.1) is 5.82 Å². The summed E-state index contributed by atoms with van der Waals surface area (Å²) in [5, 5.41) is 4.06. The first kappa shape index (κ1) is 19.6. The van der Waals surface area contributed by atoms with Gasteiger partial charge in [0.15, 0.2) is 0 Å². The summed E-state index contributed by atoms with van der Waals surface area (Å²) in [6, 6.07) is 2.37. The fourth-order valence-corrected chi connectivity index (χ4v) is 4.02. The van der Waals surface area contributed by atoms with E-state index in [0.29, 0.717) is 11.6 Å². The van der Waals surface area contributed by atoms with Crippen LogP contribution in [0.25, 0.3) is 0 Å². The van der Waals surface area contributed by atoms with Crippen molar-refractivity contribution < 1.29 is 30.7 Å². The molecule has 1 aromatic heterocycles. The second-order valence-corrected chi connectivity index (χ2v) is 8.37. The number of ether oxygens (including phenoxy) is 1. The topological polar surface area (TPSA) is 64.4 Å². The lowest BCUT2D eigenvalue weighted by molar-refractivity contribution is -0.0470. The lowest BCUT2D eigenvalue weighted by Gasteiger charge is -2.41. The number of rotatable bonds is 3. The van der Waals surface area contributed by atoms with Gasteiger partial charge < -0.3 is 9.64 Å². The van der Waals surface area contributed by atoms with Crippen LogP contribution in [0.2, 0.25) is 0 Å². The molecule has 0 radical (unpaired) electrons. The Bertz CT molecular complexity index is 958. The van der Waals surface area contributed by atoms with Gasteiger partial charge in [-0.2, -0.15) is 18.3 Å². The zero-order valence-electron chi connectivity index (χ0n) is 14.5. The predicted molar refractivity (Wildman–Crippen MR) is 88.4 cm³/mol. The third-order valence-electron chi connectivity index (χ3n) is 4.45. The Morgan fingerprint density at radius 2 is 2.00 bits per heavy atom. The molecule has 1 unspecified atom stereocenters. The Labute approximate surface area is 153 Å². The zero-order valence-corrected chi connectivity index (χ0v) is 15.3. The standard InChI is InChI=1S/C16H17F4N3O3S/c1-15(11-8-21-22(2)9-11)10-23(5-6-26-15)13-4-3-12(17)7-14(13)27(24,25)16(18,19)20/h3-4,7-9H,5-6,10H2,1-2H3. The zero-order chi connectivity index (χ0) is 20.0. The molecular weight excluding hydrogens is 390 g/mol. The largest absolute Gasteiger partial charge is 0.501 e. The first-order valence-electron chi connectivity index (χ1n) is 7.93. The van der Waals surface area contributed by atoms with Crippen LogP contribution in [0.5, 0.6) is 0 Å². The van der Waals surface area contributed by atoms with E-state index in [9.17, 15) is 26.0 Å². The van der Waals surface area contributed by atoms with Gasteiger partial charge in [0.2, 0.25) is 0 Å². The minimum Gasteiger partial charge on any atom is -0.367 e. The average molecular weight is 407 g/mol. The second-order valence-electron chi connectivity index (χ2n) is 6.46. The van der Waals surface area contributed by atoms with Gasteiger partial charge in [-0.3, -0.25) is 4.68 Å². The van der Waals surface area contributed by atoms with Gasteiger partial charge >= 0.3 is 5.51 Å². The molecule has 1 aliphatic rings. The fourth-order valence-electron chi connectivity index (χ4n) is 3.03. The highest BCUT2D eigenvalue weighted by Gasteiger charge is 2.49. The van der Waals surface area contributed by atoms with E-state index in [-0.39, 0.29) is 25.4 Å². The molecule has 0 aliphatic carbocycles. The Hall–Kier alpha value is -2.14. The first-order valence-corrected chi connectivity index (χ1v) is 9.41. The summed E-state index contributed by atoms with van der Waals surface area (Å²) in [6.07, 6.45) is 3.28. The molecule has 11 heteroatoms. The molecule has 0 N–H and O–H groups in total. The highest BCUT2D eigenvalue weighted by Crippen LogP contribution is 2.39. The maximum Gasteiger partial charge on any atom is 0.501 e.